The van der Waals surface area contributed by atoms with Gasteiger partial charge >= 0.3 is 6.03 Å². The molecule has 7 heteroatoms. The second kappa shape index (κ2) is 8.22. The summed E-state index contributed by atoms with van der Waals surface area (Å²) in [4.78, 5) is 24.4. The van der Waals surface area contributed by atoms with Crippen LogP contribution in [0.1, 0.15) is 0 Å². The highest BCUT2D eigenvalue weighted by molar-refractivity contribution is 5.85. The number of pyridine rings is 1. The number of non-ortho nitro benzene ring substituents is 1. The zero-order chi connectivity index (χ0) is 17.8. The van der Waals surface area contributed by atoms with Crippen LogP contribution in [0.4, 0.5) is 16.2 Å². The number of hydrogen-bond donors (Lipinski definition) is 0. The first-order valence-corrected chi connectivity index (χ1v) is 7.65. The Morgan fingerprint density at radius 1 is 0.962 bits per heavy atom. The average molecular weight is 370 g/mol. The van der Waals surface area contributed by atoms with Crippen molar-refractivity contribution in [1.82, 2.24) is 0 Å². The van der Waals surface area contributed by atoms with E-state index in [0.717, 1.165) is 11.1 Å². The highest BCUT2D eigenvalue weighted by Crippen LogP contribution is 2.19. The van der Waals surface area contributed by atoms with Gasteiger partial charge in [0.15, 0.2) is 0 Å². The second-order valence-electron chi connectivity index (χ2n) is 5.48. The molecule has 0 saturated carbocycles. The molecule has 6 nitrogen and oxygen atoms in total. The van der Waals surface area contributed by atoms with E-state index >= 15 is 0 Å². The standard InChI is InChI=1S/C19H16N3O3.ClH/c1-20(17-9-11-18(12-10-17)22(24)25)19(23)21-13-5-8-16(14-21)15-6-3-2-4-7-15;/h2-14H,1H3;1H/q+1;/p-1. The number of benzene rings is 2. The van der Waals surface area contributed by atoms with Gasteiger partial charge in [-0.05, 0) is 29.8 Å². The Balaban J connectivity index is 0.00000243. The molecular formula is C19H16ClN3O3. The monoisotopic (exact) mass is 369 g/mol. The maximum Gasteiger partial charge on any atom is 0.502 e. The zero-order valence-corrected chi connectivity index (χ0v) is 14.7. The minimum Gasteiger partial charge on any atom is -1.00 e. The Kier molecular flexibility index (Phi) is 6.03. The SMILES string of the molecule is CN(C(=O)[n+]1cccc(-c2ccccc2)c1)c1ccc([N+](=O)[O-])cc1.[Cl-]. The van der Waals surface area contributed by atoms with Crippen LogP contribution in [0.15, 0.2) is 79.1 Å². The van der Waals surface area contributed by atoms with Crippen LogP contribution >= 0.6 is 0 Å². The number of amides is 1. The van der Waals surface area contributed by atoms with Gasteiger partial charge in [0, 0.05) is 17.7 Å². The van der Waals surface area contributed by atoms with Crippen molar-refractivity contribution in [3.05, 3.63) is 89.2 Å². The van der Waals surface area contributed by atoms with Gasteiger partial charge in [0.05, 0.1) is 18.2 Å². The van der Waals surface area contributed by atoms with Crippen LogP contribution in [0.2, 0.25) is 0 Å². The third kappa shape index (κ3) is 4.04. The normalized spacial score (nSPS) is 9.88. The van der Waals surface area contributed by atoms with E-state index in [9.17, 15) is 14.9 Å². The summed E-state index contributed by atoms with van der Waals surface area (Å²) < 4.78 is 1.49. The number of anilines is 1. The van der Waals surface area contributed by atoms with Gasteiger partial charge in [-0.2, -0.15) is 14.3 Å². The summed E-state index contributed by atoms with van der Waals surface area (Å²) in [6.45, 7) is 0. The van der Waals surface area contributed by atoms with Crippen LogP contribution in [-0.4, -0.2) is 18.0 Å². The summed E-state index contributed by atoms with van der Waals surface area (Å²) in [6, 6.07) is 19.1. The molecule has 26 heavy (non-hydrogen) atoms. The van der Waals surface area contributed by atoms with Crippen molar-refractivity contribution in [2.45, 2.75) is 0 Å². The molecule has 0 saturated heterocycles. The number of halogens is 1. The van der Waals surface area contributed by atoms with Gasteiger partial charge in [0.25, 0.3) is 5.69 Å². The summed E-state index contributed by atoms with van der Waals surface area (Å²) >= 11 is 0. The van der Waals surface area contributed by atoms with Gasteiger partial charge in [-0.1, -0.05) is 30.3 Å². The minimum atomic E-state index is -0.469. The Labute approximate surface area is 156 Å². The Bertz CT molecular complexity index is 915. The fraction of sp³-hybridized carbons (Fsp3) is 0.0526. The summed E-state index contributed by atoms with van der Waals surface area (Å²) in [6.07, 6.45) is 3.44. The summed E-state index contributed by atoms with van der Waals surface area (Å²) in [5, 5.41) is 10.7. The zero-order valence-electron chi connectivity index (χ0n) is 13.9. The molecule has 1 heterocycles. The van der Waals surface area contributed by atoms with Crippen molar-refractivity contribution in [3.8, 4) is 11.1 Å². The smallest absolute Gasteiger partial charge is 0.502 e. The van der Waals surface area contributed by atoms with Crippen molar-refractivity contribution >= 4 is 17.4 Å². The lowest BCUT2D eigenvalue weighted by Gasteiger charge is -2.10. The molecule has 3 aromatic rings. The summed E-state index contributed by atoms with van der Waals surface area (Å²) in [7, 11) is 1.63. The van der Waals surface area contributed by atoms with E-state index < -0.39 is 4.92 Å². The number of carbonyl (C=O) groups is 1. The number of nitro groups is 1. The molecule has 1 aromatic heterocycles. The van der Waals surface area contributed by atoms with Crippen molar-refractivity contribution in [3.63, 3.8) is 0 Å². The number of rotatable bonds is 3. The first kappa shape index (κ1) is 19.1. The van der Waals surface area contributed by atoms with Crippen molar-refractivity contribution in [2.75, 3.05) is 11.9 Å². The lowest BCUT2D eigenvalue weighted by molar-refractivity contribution is -0.569. The Morgan fingerprint density at radius 2 is 1.58 bits per heavy atom. The van der Waals surface area contributed by atoms with Crippen LogP contribution in [0, 0.1) is 10.1 Å². The van der Waals surface area contributed by atoms with E-state index in [4.69, 9.17) is 0 Å². The van der Waals surface area contributed by atoms with Crippen LogP contribution in [0.5, 0.6) is 0 Å². The van der Waals surface area contributed by atoms with Crippen molar-refractivity contribution in [1.29, 1.82) is 0 Å². The largest absolute Gasteiger partial charge is 1.00 e. The number of nitrogens with zero attached hydrogens (tertiary/aromatic N) is 3. The predicted molar refractivity (Wildman–Crippen MR) is 94.4 cm³/mol. The fourth-order valence-electron chi connectivity index (χ4n) is 2.48. The molecule has 0 aliphatic rings. The van der Waals surface area contributed by atoms with E-state index in [0.29, 0.717) is 5.69 Å². The van der Waals surface area contributed by atoms with Gasteiger partial charge < -0.3 is 12.4 Å². The molecule has 3 rings (SSSR count). The van der Waals surface area contributed by atoms with Crippen molar-refractivity contribution in [2.24, 2.45) is 0 Å². The Hall–Kier alpha value is -3.25. The van der Waals surface area contributed by atoms with E-state index in [1.807, 2.05) is 42.5 Å². The number of hydrogen-bond acceptors (Lipinski definition) is 3. The molecule has 132 valence electrons. The molecule has 1 amide bonds. The van der Waals surface area contributed by atoms with Crippen molar-refractivity contribution < 1.29 is 26.7 Å². The summed E-state index contributed by atoms with van der Waals surface area (Å²) in [5.74, 6) is 0. The van der Waals surface area contributed by atoms with E-state index in [1.54, 1.807) is 31.6 Å². The number of aromatic nitrogens is 1. The molecular weight excluding hydrogens is 354 g/mol. The Morgan fingerprint density at radius 3 is 2.19 bits per heavy atom. The number of carbonyl (C=O) groups excluding carboxylic acids is 1. The molecule has 0 radical (unpaired) electrons. The first-order valence-electron chi connectivity index (χ1n) is 7.65. The van der Waals surface area contributed by atoms with Crippen LogP contribution in [0.25, 0.3) is 11.1 Å². The van der Waals surface area contributed by atoms with Gasteiger partial charge in [-0.25, -0.2) is 0 Å². The van der Waals surface area contributed by atoms with Gasteiger partial charge in [-0.15, -0.1) is 0 Å². The molecule has 0 spiro atoms. The minimum absolute atomic E-state index is 0. The van der Waals surface area contributed by atoms with E-state index in [1.165, 1.54) is 21.6 Å². The van der Waals surface area contributed by atoms with E-state index in [2.05, 4.69) is 0 Å². The predicted octanol–water partition coefficient (Wildman–Crippen LogP) is 0.658. The molecule has 0 unspecified atom stereocenters. The maximum absolute atomic E-state index is 12.7. The molecule has 0 atom stereocenters. The molecule has 0 bridgehead atoms. The quantitative estimate of drug-likeness (QED) is 0.387. The summed E-state index contributed by atoms with van der Waals surface area (Å²) in [5.41, 5.74) is 2.51. The van der Waals surface area contributed by atoms with Gasteiger partial charge in [0.1, 0.15) is 11.9 Å². The lowest BCUT2D eigenvalue weighted by Crippen LogP contribution is -3.00. The highest BCUT2D eigenvalue weighted by atomic mass is 35.5. The van der Waals surface area contributed by atoms with Crippen LogP contribution in [0.3, 0.4) is 0 Å². The van der Waals surface area contributed by atoms with Gasteiger partial charge in [0.2, 0.25) is 0 Å². The molecule has 0 aliphatic heterocycles. The first-order chi connectivity index (χ1) is 12.1. The topological polar surface area (TPSA) is 67.3 Å². The molecule has 0 fully saturated rings. The third-order valence-corrected chi connectivity index (χ3v) is 3.86. The third-order valence-electron chi connectivity index (χ3n) is 3.86. The molecule has 0 aliphatic carbocycles. The van der Waals surface area contributed by atoms with Crippen LogP contribution in [-0.2, 0) is 0 Å². The molecule has 2 aromatic carbocycles. The maximum atomic E-state index is 12.7. The molecule has 0 N–H and O–H groups in total. The van der Waals surface area contributed by atoms with Crippen LogP contribution < -0.4 is 21.9 Å². The highest BCUT2D eigenvalue weighted by Gasteiger charge is 2.23. The lowest BCUT2D eigenvalue weighted by atomic mass is 10.1. The van der Waals surface area contributed by atoms with E-state index in [-0.39, 0.29) is 24.1 Å². The van der Waals surface area contributed by atoms with Gasteiger partial charge in [-0.3, -0.25) is 10.1 Å². The average Bonchev–Trinajstić information content (AvgIpc) is 2.67. The number of nitro benzene ring substituents is 1. The fourth-order valence-corrected chi connectivity index (χ4v) is 2.48. The second-order valence-corrected chi connectivity index (χ2v) is 5.48.